The maximum atomic E-state index is 11.8. The molecular formula is C11H25ClN2O2S. The Hall–Kier alpha value is 0.160. The minimum Gasteiger partial charge on any atom is -0.315 e. The third-order valence-electron chi connectivity index (χ3n) is 2.93. The molecule has 104 valence electrons. The first-order valence-corrected chi connectivity index (χ1v) is 7.89. The van der Waals surface area contributed by atoms with Crippen LogP contribution in [0.15, 0.2) is 0 Å². The summed E-state index contributed by atoms with van der Waals surface area (Å²) >= 11 is 0. The molecule has 1 aliphatic rings. The molecule has 0 aliphatic carbocycles. The lowest BCUT2D eigenvalue weighted by molar-refractivity contribution is 0.426. The van der Waals surface area contributed by atoms with Crippen LogP contribution in [0.3, 0.4) is 0 Å². The first-order chi connectivity index (χ1) is 7.53. The highest BCUT2D eigenvalue weighted by Gasteiger charge is 2.21. The molecule has 4 nitrogen and oxygen atoms in total. The maximum absolute atomic E-state index is 11.8. The third kappa shape index (κ3) is 7.24. The summed E-state index contributed by atoms with van der Waals surface area (Å²) in [6.07, 6.45) is 4.03. The van der Waals surface area contributed by atoms with E-state index in [1.165, 1.54) is 0 Å². The number of sulfonamides is 1. The van der Waals surface area contributed by atoms with Gasteiger partial charge in [0.05, 0.1) is 5.75 Å². The first kappa shape index (κ1) is 17.2. The van der Waals surface area contributed by atoms with Gasteiger partial charge in [-0.3, -0.25) is 0 Å². The van der Waals surface area contributed by atoms with Crippen molar-refractivity contribution in [3.8, 4) is 0 Å². The number of rotatable bonds is 6. The lowest BCUT2D eigenvalue weighted by atomic mass is 10.1. The Morgan fingerprint density at radius 2 is 2.18 bits per heavy atom. The maximum Gasteiger partial charge on any atom is 0.212 e. The zero-order valence-corrected chi connectivity index (χ0v) is 12.4. The van der Waals surface area contributed by atoms with Gasteiger partial charge in [-0.25, -0.2) is 13.1 Å². The summed E-state index contributed by atoms with van der Waals surface area (Å²) < 4.78 is 26.5. The number of halogens is 1. The van der Waals surface area contributed by atoms with Crippen LogP contribution in [0.4, 0.5) is 0 Å². The van der Waals surface area contributed by atoms with Gasteiger partial charge in [-0.05, 0) is 31.7 Å². The van der Waals surface area contributed by atoms with E-state index in [-0.39, 0.29) is 30.1 Å². The van der Waals surface area contributed by atoms with Crippen molar-refractivity contribution in [3.63, 3.8) is 0 Å². The van der Waals surface area contributed by atoms with Crippen molar-refractivity contribution in [2.75, 3.05) is 18.8 Å². The molecule has 2 unspecified atom stereocenters. The van der Waals surface area contributed by atoms with Gasteiger partial charge in [0.15, 0.2) is 0 Å². The van der Waals surface area contributed by atoms with E-state index < -0.39 is 10.0 Å². The number of hydrogen-bond donors (Lipinski definition) is 2. The van der Waals surface area contributed by atoms with E-state index in [0.717, 1.165) is 38.8 Å². The molecule has 0 radical (unpaired) electrons. The van der Waals surface area contributed by atoms with Crippen LogP contribution in [0.25, 0.3) is 0 Å². The highest BCUT2D eigenvalue weighted by atomic mass is 35.5. The highest BCUT2D eigenvalue weighted by Crippen LogP contribution is 2.09. The molecular weight excluding hydrogens is 260 g/mol. The molecule has 0 amide bonds. The quantitative estimate of drug-likeness (QED) is 0.777. The molecule has 1 heterocycles. The van der Waals surface area contributed by atoms with Crippen LogP contribution in [0.5, 0.6) is 0 Å². The average Bonchev–Trinajstić information content (AvgIpc) is 2.17. The summed E-state index contributed by atoms with van der Waals surface area (Å²) in [5, 5.41) is 3.21. The van der Waals surface area contributed by atoms with Gasteiger partial charge in [-0.15, -0.1) is 12.4 Å². The van der Waals surface area contributed by atoms with E-state index in [0.29, 0.717) is 0 Å². The largest absolute Gasteiger partial charge is 0.315 e. The Morgan fingerprint density at radius 3 is 2.71 bits per heavy atom. The lowest BCUT2D eigenvalue weighted by Gasteiger charge is -2.24. The molecule has 17 heavy (non-hydrogen) atoms. The fourth-order valence-corrected chi connectivity index (χ4v) is 3.93. The number of piperidine rings is 1. The summed E-state index contributed by atoms with van der Waals surface area (Å²) in [6, 6.07) is 0.0903. The number of nitrogens with one attached hydrogen (secondary N) is 2. The average molecular weight is 285 g/mol. The molecule has 1 fully saturated rings. The lowest BCUT2D eigenvalue weighted by Crippen LogP contribution is -2.46. The first-order valence-electron chi connectivity index (χ1n) is 6.24. The monoisotopic (exact) mass is 284 g/mol. The Balaban J connectivity index is 0.00000256. The molecule has 2 atom stereocenters. The second-order valence-corrected chi connectivity index (χ2v) is 6.63. The summed E-state index contributed by atoms with van der Waals surface area (Å²) in [7, 11) is -3.09. The molecule has 0 saturated carbocycles. The Morgan fingerprint density at radius 1 is 1.47 bits per heavy atom. The summed E-state index contributed by atoms with van der Waals surface area (Å²) in [5.41, 5.74) is 0. The van der Waals surface area contributed by atoms with E-state index >= 15 is 0 Å². The van der Waals surface area contributed by atoms with Gasteiger partial charge in [0.25, 0.3) is 0 Å². The second-order valence-electron chi connectivity index (χ2n) is 4.84. The van der Waals surface area contributed by atoms with Crippen molar-refractivity contribution in [3.05, 3.63) is 0 Å². The van der Waals surface area contributed by atoms with Gasteiger partial charge in [0, 0.05) is 12.6 Å². The molecule has 1 rings (SSSR count). The molecule has 2 N–H and O–H groups in total. The Kier molecular flexibility index (Phi) is 8.37. The normalized spacial score (nSPS) is 22.8. The van der Waals surface area contributed by atoms with Crippen LogP contribution in [0.1, 0.15) is 39.5 Å². The van der Waals surface area contributed by atoms with Crippen molar-refractivity contribution in [2.45, 2.75) is 45.6 Å². The van der Waals surface area contributed by atoms with Crippen molar-refractivity contribution in [1.82, 2.24) is 10.0 Å². The minimum absolute atomic E-state index is 0. The molecule has 0 aromatic carbocycles. The molecule has 0 spiro atoms. The van der Waals surface area contributed by atoms with Gasteiger partial charge < -0.3 is 5.32 Å². The summed E-state index contributed by atoms with van der Waals surface area (Å²) in [4.78, 5) is 0. The molecule has 0 bridgehead atoms. The van der Waals surface area contributed by atoms with Crippen molar-refractivity contribution in [1.29, 1.82) is 0 Å². The standard InChI is InChI=1S/C11H24N2O2S.ClH/c1-3-5-10(2)9-16(14,15)13-11-6-4-7-12-8-11;/h10-13H,3-9H2,1-2H3;1H. The smallest absolute Gasteiger partial charge is 0.212 e. The predicted molar refractivity (Wildman–Crippen MR) is 74.1 cm³/mol. The minimum atomic E-state index is -3.09. The van der Waals surface area contributed by atoms with E-state index in [4.69, 9.17) is 0 Å². The molecule has 1 aliphatic heterocycles. The van der Waals surface area contributed by atoms with Gasteiger partial charge in [0.1, 0.15) is 0 Å². The van der Waals surface area contributed by atoms with Crippen LogP contribution in [0, 0.1) is 5.92 Å². The third-order valence-corrected chi connectivity index (χ3v) is 4.63. The molecule has 6 heteroatoms. The highest BCUT2D eigenvalue weighted by molar-refractivity contribution is 7.89. The number of hydrogen-bond acceptors (Lipinski definition) is 3. The van der Waals surface area contributed by atoms with Gasteiger partial charge in [-0.1, -0.05) is 20.3 Å². The molecule has 0 aromatic heterocycles. The van der Waals surface area contributed by atoms with Crippen molar-refractivity contribution < 1.29 is 8.42 Å². The van der Waals surface area contributed by atoms with Crippen LogP contribution in [-0.4, -0.2) is 33.3 Å². The SMILES string of the molecule is CCCC(C)CS(=O)(=O)NC1CCCNC1.Cl. The van der Waals surface area contributed by atoms with Gasteiger partial charge in [-0.2, -0.15) is 0 Å². The fraction of sp³-hybridized carbons (Fsp3) is 1.00. The van der Waals surface area contributed by atoms with Crippen LogP contribution >= 0.6 is 12.4 Å². The van der Waals surface area contributed by atoms with E-state index in [1.807, 2.05) is 6.92 Å². The summed E-state index contributed by atoms with van der Waals surface area (Å²) in [6.45, 7) is 5.86. The van der Waals surface area contributed by atoms with E-state index in [2.05, 4.69) is 17.0 Å². The topological polar surface area (TPSA) is 58.2 Å². The van der Waals surface area contributed by atoms with Crippen molar-refractivity contribution >= 4 is 22.4 Å². The van der Waals surface area contributed by atoms with E-state index in [9.17, 15) is 8.42 Å². The summed E-state index contributed by atoms with van der Waals surface area (Å²) in [5.74, 6) is 0.510. The van der Waals surface area contributed by atoms with Crippen molar-refractivity contribution in [2.24, 2.45) is 5.92 Å². The van der Waals surface area contributed by atoms with Crippen LogP contribution in [-0.2, 0) is 10.0 Å². The van der Waals surface area contributed by atoms with Gasteiger partial charge >= 0.3 is 0 Å². The Labute approximate surface area is 111 Å². The van der Waals surface area contributed by atoms with E-state index in [1.54, 1.807) is 0 Å². The molecule has 0 aromatic rings. The molecule has 1 saturated heterocycles. The fourth-order valence-electron chi connectivity index (χ4n) is 2.21. The Bertz CT molecular complexity index is 290. The van der Waals surface area contributed by atoms with Crippen LogP contribution in [0.2, 0.25) is 0 Å². The van der Waals surface area contributed by atoms with Gasteiger partial charge in [0.2, 0.25) is 10.0 Å². The van der Waals surface area contributed by atoms with Crippen LogP contribution < -0.4 is 10.0 Å². The zero-order chi connectivity index (χ0) is 12.0. The predicted octanol–water partition coefficient (Wildman–Crippen LogP) is 1.52. The second kappa shape index (κ2) is 8.29. The zero-order valence-electron chi connectivity index (χ0n) is 10.7.